The second-order valence-corrected chi connectivity index (χ2v) is 5.93. The van der Waals surface area contributed by atoms with E-state index in [-0.39, 0.29) is 0 Å². The van der Waals surface area contributed by atoms with Crippen molar-refractivity contribution in [1.29, 1.82) is 0 Å². The van der Waals surface area contributed by atoms with Crippen molar-refractivity contribution in [1.82, 2.24) is 4.90 Å². The van der Waals surface area contributed by atoms with Crippen LogP contribution < -0.4 is 0 Å². The second-order valence-electron chi connectivity index (χ2n) is 5.02. The summed E-state index contributed by atoms with van der Waals surface area (Å²) < 4.78 is 0.998. The first-order chi connectivity index (χ1) is 9.06. The Morgan fingerprint density at radius 2 is 1.89 bits per heavy atom. The summed E-state index contributed by atoms with van der Waals surface area (Å²) >= 11 is 3.37. The molecule has 0 saturated carbocycles. The Balaban J connectivity index is 1.85. The highest BCUT2D eigenvalue weighted by atomic mass is 79.9. The average molecular weight is 328 g/mol. The van der Waals surface area contributed by atoms with Gasteiger partial charge in [0, 0.05) is 17.6 Å². The van der Waals surface area contributed by atoms with E-state index in [0.29, 0.717) is 25.4 Å². The van der Waals surface area contributed by atoms with Crippen LogP contribution in [0.25, 0.3) is 0 Å². The maximum absolute atomic E-state index is 10.8. The summed E-state index contributed by atoms with van der Waals surface area (Å²) in [6, 6.07) is 7.68. The Labute approximate surface area is 121 Å². The molecule has 4 nitrogen and oxygen atoms in total. The molecule has 1 unspecified atom stereocenters. The maximum atomic E-state index is 10.8. The molecule has 19 heavy (non-hydrogen) atoms. The molecule has 5 heteroatoms. The fourth-order valence-electron chi connectivity index (χ4n) is 2.50. The van der Waals surface area contributed by atoms with Crippen molar-refractivity contribution in [3.8, 4) is 0 Å². The lowest BCUT2D eigenvalue weighted by Crippen LogP contribution is -2.37. The Hall–Kier alpha value is -1.07. The van der Waals surface area contributed by atoms with Crippen LogP contribution in [0.15, 0.2) is 28.7 Å². The van der Waals surface area contributed by atoms with Gasteiger partial charge in [0.05, 0.1) is 6.10 Å². The van der Waals surface area contributed by atoms with E-state index in [1.165, 1.54) is 4.90 Å². The molecule has 1 aromatic rings. The molecule has 1 aliphatic heterocycles. The number of nitrogens with zero attached hydrogens (tertiary/aromatic N) is 1. The smallest absolute Gasteiger partial charge is 0.407 e. The first-order valence-electron chi connectivity index (χ1n) is 6.47. The van der Waals surface area contributed by atoms with Crippen molar-refractivity contribution in [3.63, 3.8) is 0 Å². The minimum Gasteiger partial charge on any atom is -0.465 e. The number of piperidine rings is 1. The minimum atomic E-state index is -0.841. The molecule has 1 aliphatic rings. The quantitative estimate of drug-likeness (QED) is 0.895. The molecular formula is C14H18BrNO3. The predicted octanol–water partition coefficient (Wildman–Crippen LogP) is 3.26. The summed E-state index contributed by atoms with van der Waals surface area (Å²) in [5.74, 6) is 0.397. The van der Waals surface area contributed by atoms with Gasteiger partial charge in [-0.1, -0.05) is 28.1 Å². The van der Waals surface area contributed by atoms with Gasteiger partial charge in [-0.25, -0.2) is 4.79 Å². The number of aliphatic hydroxyl groups is 1. The lowest BCUT2D eigenvalue weighted by atomic mass is 9.89. The van der Waals surface area contributed by atoms with Gasteiger partial charge in [0.15, 0.2) is 0 Å². The summed E-state index contributed by atoms with van der Waals surface area (Å²) in [6.45, 7) is 1.15. The van der Waals surface area contributed by atoms with Crippen LogP contribution in [0.1, 0.15) is 30.9 Å². The molecule has 0 bridgehead atoms. The van der Waals surface area contributed by atoms with E-state index in [1.807, 2.05) is 24.3 Å². The van der Waals surface area contributed by atoms with Gasteiger partial charge < -0.3 is 15.1 Å². The van der Waals surface area contributed by atoms with E-state index in [0.717, 1.165) is 22.9 Å². The Bertz CT molecular complexity index is 427. The SMILES string of the molecule is O=C(O)N1CCC(CC(O)c2ccc(Br)cc2)CC1. The molecule has 104 valence electrons. The molecule has 0 aromatic heterocycles. The van der Waals surface area contributed by atoms with Gasteiger partial charge in [0.25, 0.3) is 0 Å². The van der Waals surface area contributed by atoms with Crippen LogP contribution in [0.4, 0.5) is 4.79 Å². The van der Waals surface area contributed by atoms with E-state index in [1.54, 1.807) is 0 Å². The minimum absolute atomic E-state index is 0.397. The van der Waals surface area contributed by atoms with Crippen LogP contribution in [0.2, 0.25) is 0 Å². The number of carboxylic acid groups (broad SMARTS) is 1. The zero-order valence-corrected chi connectivity index (χ0v) is 12.2. The third kappa shape index (κ3) is 3.94. The standard InChI is InChI=1S/C14H18BrNO3/c15-12-3-1-11(2-4-12)13(17)9-10-5-7-16(8-6-10)14(18)19/h1-4,10,13,17H,5-9H2,(H,18,19). The van der Waals surface area contributed by atoms with Gasteiger partial charge in [-0.2, -0.15) is 0 Å². The van der Waals surface area contributed by atoms with Crippen molar-refractivity contribution < 1.29 is 15.0 Å². The van der Waals surface area contributed by atoms with Crippen molar-refractivity contribution in [2.24, 2.45) is 5.92 Å². The maximum Gasteiger partial charge on any atom is 0.407 e. The summed E-state index contributed by atoms with van der Waals surface area (Å²) in [5.41, 5.74) is 0.920. The van der Waals surface area contributed by atoms with Crippen LogP contribution in [-0.2, 0) is 0 Å². The van der Waals surface area contributed by atoms with Gasteiger partial charge >= 0.3 is 6.09 Å². The molecule has 2 N–H and O–H groups in total. The third-order valence-corrected chi connectivity index (χ3v) is 4.23. The lowest BCUT2D eigenvalue weighted by molar-refractivity contribution is 0.0981. The molecule has 0 radical (unpaired) electrons. The van der Waals surface area contributed by atoms with Crippen molar-refractivity contribution >= 4 is 22.0 Å². The fraction of sp³-hybridized carbons (Fsp3) is 0.500. The van der Waals surface area contributed by atoms with Crippen molar-refractivity contribution in [3.05, 3.63) is 34.3 Å². The molecular weight excluding hydrogens is 310 g/mol. The topological polar surface area (TPSA) is 60.8 Å². The Morgan fingerprint density at radius 1 is 1.32 bits per heavy atom. The lowest BCUT2D eigenvalue weighted by Gasteiger charge is -2.31. The molecule has 1 amide bonds. The number of rotatable bonds is 3. The van der Waals surface area contributed by atoms with E-state index >= 15 is 0 Å². The van der Waals surface area contributed by atoms with Crippen molar-refractivity contribution in [2.45, 2.75) is 25.4 Å². The number of hydrogen-bond acceptors (Lipinski definition) is 2. The van der Waals surface area contributed by atoms with Crippen LogP contribution >= 0.6 is 15.9 Å². The van der Waals surface area contributed by atoms with Gasteiger partial charge in [-0.05, 0) is 42.9 Å². The van der Waals surface area contributed by atoms with Crippen LogP contribution in [0.5, 0.6) is 0 Å². The number of halogens is 1. The summed E-state index contributed by atoms with van der Waals surface area (Å²) in [5, 5.41) is 19.1. The molecule has 1 atom stereocenters. The predicted molar refractivity (Wildman–Crippen MR) is 76.0 cm³/mol. The Kier molecular flexibility index (Phi) is 4.82. The molecule has 2 rings (SSSR count). The Morgan fingerprint density at radius 3 is 2.42 bits per heavy atom. The molecule has 0 spiro atoms. The van der Waals surface area contributed by atoms with Crippen LogP contribution in [-0.4, -0.2) is 34.3 Å². The summed E-state index contributed by atoms with van der Waals surface area (Å²) in [7, 11) is 0. The molecule has 0 aliphatic carbocycles. The zero-order valence-electron chi connectivity index (χ0n) is 10.6. The van der Waals surface area contributed by atoms with Gasteiger partial charge in [0.2, 0.25) is 0 Å². The van der Waals surface area contributed by atoms with E-state index < -0.39 is 12.2 Å². The van der Waals surface area contributed by atoms with Gasteiger partial charge in [-0.15, -0.1) is 0 Å². The van der Waals surface area contributed by atoms with E-state index in [2.05, 4.69) is 15.9 Å². The average Bonchev–Trinajstić information content (AvgIpc) is 2.40. The number of aliphatic hydroxyl groups excluding tert-OH is 1. The molecule has 1 saturated heterocycles. The highest BCUT2D eigenvalue weighted by molar-refractivity contribution is 9.10. The van der Waals surface area contributed by atoms with Crippen LogP contribution in [0, 0.1) is 5.92 Å². The van der Waals surface area contributed by atoms with E-state index in [4.69, 9.17) is 5.11 Å². The monoisotopic (exact) mass is 327 g/mol. The number of benzene rings is 1. The molecule has 1 fully saturated rings. The first-order valence-corrected chi connectivity index (χ1v) is 7.27. The summed E-state index contributed by atoms with van der Waals surface area (Å²) in [4.78, 5) is 12.3. The number of amides is 1. The third-order valence-electron chi connectivity index (χ3n) is 3.70. The second kappa shape index (κ2) is 6.39. The zero-order chi connectivity index (χ0) is 13.8. The van der Waals surface area contributed by atoms with E-state index in [9.17, 15) is 9.90 Å². The first kappa shape index (κ1) is 14.3. The van der Waals surface area contributed by atoms with Gasteiger partial charge in [0.1, 0.15) is 0 Å². The van der Waals surface area contributed by atoms with Crippen LogP contribution in [0.3, 0.4) is 0 Å². The number of carbonyl (C=O) groups is 1. The molecule has 1 heterocycles. The number of likely N-dealkylation sites (tertiary alicyclic amines) is 1. The molecule has 1 aromatic carbocycles. The van der Waals surface area contributed by atoms with Gasteiger partial charge in [-0.3, -0.25) is 0 Å². The largest absolute Gasteiger partial charge is 0.465 e. The normalized spacial score (nSPS) is 18.3. The highest BCUT2D eigenvalue weighted by Crippen LogP contribution is 2.28. The highest BCUT2D eigenvalue weighted by Gasteiger charge is 2.24. The number of hydrogen-bond donors (Lipinski definition) is 2. The van der Waals surface area contributed by atoms with Crippen molar-refractivity contribution in [2.75, 3.05) is 13.1 Å². The fourth-order valence-corrected chi connectivity index (χ4v) is 2.76. The summed E-state index contributed by atoms with van der Waals surface area (Å²) in [6.07, 6.45) is 1.07.